The van der Waals surface area contributed by atoms with Crippen LogP contribution in [0.5, 0.6) is 5.75 Å². The smallest absolute Gasteiger partial charge is 0.239 e. The molecule has 2 aliphatic rings. The van der Waals surface area contributed by atoms with Crippen molar-refractivity contribution in [2.24, 2.45) is 0 Å². The molecule has 9 nitrogen and oxygen atoms in total. The summed E-state index contributed by atoms with van der Waals surface area (Å²) in [6.07, 6.45) is 5.60. The molecule has 1 aliphatic carbocycles. The van der Waals surface area contributed by atoms with Crippen LogP contribution in [-0.4, -0.2) is 75.0 Å². The van der Waals surface area contributed by atoms with E-state index in [1.165, 1.54) is 7.05 Å². The van der Waals surface area contributed by atoms with Gasteiger partial charge in [-0.15, -0.1) is 0 Å². The molecule has 2 aromatic rings. The number of nitrogens with one attached hydrogen (secondary N) is 2. The molecule has 2 aromatic carbocycles. The molecule has 0 aromatic heterocycles. The number of halogens is 2. The van der Waals surface area contributed by atoms with Crippen molar-refractivity contribution in [1.82, 2.24) is 14.9 Å². The first kappa shape index (κ1) is 34.7. The van der Waals surface area contributed by atoms with E-state index in [0.29, 0.717) is 29.5 Å². The number of sulfonamides is 1. The largest absolute Gasteiger partial charge is 0.497 e. The second-order valence-corrected chi connectivity index (χ2v) is 14.5. The van der Waals surface area contributed by atoms with Gasteiger partial charge >= 0.3 is 0 Å². The van der Waals surface area contributed by atoms with Gasteiger partial charge in [0.2, 0.25) is 15.9 Å². The van der Waals surface area contributed by atoms with Crippen LogP contribution in [0.1, 0.15) is 67.9 Å². The van der Waals surface area contributed by atoms with Crippen LogP contribution < -0.4 is 15.4 Å². The lowest BCUT2D eigenvalue weighted by atomic mass is 9.99. The van der Waals surface area contributed by atoms with Gasteiger partial charge in [-0.05, 0) is 72.7 Å². The second-order valence-electron chi connectivity index (χ2n) is 11.4. The highest BCUT2D eigenvalue weighted by atomic mass is 35.5. The number of hydrogen-bond acceptors (Lipinski definition) is 7. The summed E-state index contributed by atoms with van der Waals surface area (Å²) in [4.78, 5) is 13.8. The van der Waals surface area contributed by atoms with Crippen molar-refractivity contribution >= 4 is 39.1 Å². The number of amides is 1. The van der Waals surface area contributed by atoms with Crippen molar-refractivity contribution in [2.75, 3.05) is 33.1 Å². The summed E-state index contributed by atoms with van der Waals surface area (Å²) in [5.74, 6) is 0.188. The standard InChI is InChI=1S/C32H43Cl2N3O6S/c1-4-5-8-13-44(40,41)37(2)29-9-6-7-12-43-31-19-27(26-18-24(42-3)10-11-25(26)31)35-20-30(38)28(36-32(29)39)16-21-14-22(33)17-23(34)15-21/h6-7,10-11,14-15,17-18,27-31,35,38H,4-5,8-9,12-13,16,19-20H2,1-3H3,(H,36,39)/b7-6+/t27-,28+,29-,30-,31+/m1/s1. The van der Waals surface area contributed by atoms with E-state index in [9.17, 15) is 18.3 Å². The lowest BCUT2D eigenvalue weighted by Gasteiger charge is -2.31. The third-order valence-corrected chi connectivity index (χ3v) is 10.7. The molecular weight excluding hydrogens is 625 g/mol. The highest BCUT2D eigenvalue weighted by Crippen LogP contribution is 2.42. The van der Waals surface area contributed by atoms with E-state index in [1.54, 1.807) is 31.4 Å². The number of β-amino-alcohol motifs (C(OH)–C–C–N with tert-alkyl or cyclic N) is 1. The van der Waals surface area contributed by atoms with E-state index in [4.69, 9.17) is 32.7 Å². The number of rotatable bonds is 9. The van der Waals surface area contributed by atoms with E-state index in [2.05, 4.69) is 10.6 Å². The Morgan fingerprint density at radius 1 is 1.09 bits per heavy atom. The summed E-state index contributed by atoms with van der Waals surface area (Å²) in [6, 6.07) is 9.09. The highest BCUT2D eigenvalue weighted by molar-refractivity contribution is 7.89. The molecular formula is C32H43Cl2N3O6S. The quantitative estimate of drug-likeness (QED) is 0.256. The molecule has 1 amide bonds. The molecule has 1 heterocycles. The number of aliphatic hydroxyl groups is 1. The summed E-state index contributed by atoms with van der Waals surface area (Å²) in [6.45, 7) is 2.46. The van der Waals surface area contributed by atoms with Gasteiger partial charge in [0.15, 0.2) is 0 Å². The number of unbranched alkanes of at least 4 members (excludes halogenated alkanes) is 2. The van der Waals surface area contributed by atoms with Crippen LogP contribution >= 0.6 is 23.2 Å². The van der Waals surface area contributed by atoms with E-state index in [1.807, 2.05) is 31.2 Å². The van der Waals surface area contributed by atoms with E-state index in [0.717, 1.165) is 39.6 Å². The van der Waals surface area contributed by atoms with Gasteiger partial charge in [0, 0.05) is 29.7 Å². The molecule has 12 heteroatoms. The van der Waals surface area contributed by atoms with E-state index in [-0.39, 0.29) is 37.3 Å². The zero-order valence-corrected chi connectivity index (χ0v) is 27.8. The average Bonchev–Trinajstić information content (AvgIpc) is 3.32. The maximum Gasteiger partial charge on any atom is 0.239 e. The van der Waals surface area contributed by atoms with Gasteiger partial charge in [-0.1, -0.05) is 61.2 Å². The predicted molar refractivity (Wildman–Crippen MR) is 174 cm³/mol. The number of aliphatic hydroxyl groups excluding tert-OH is 1. The van der Waals surface area contributed by atoms with Gasteiger partial charge in [-0.3, -0.25) is 4.79 Å². The van der Waals surface area contributed by atoms with Crippen LogP contribution in [0.3, 0.4) is 0 Å². The van der Waals surface area contributed by atoms with Gasteiger partial charge in [0.1, 0.15) is 11.8 Å². The Labute approximate surface area is 270 Å². The molecule has 3 N–H and O–H groups in total. The first-order chi connectivity index (χ1) is 21.0. The Kier molecular flexibility index (Phi) is 12.5. The number of methoxy groups -OCH3 is 1. The minimum atomic E-state index is -3.71. The zero-order chi connectivity index (χ0) is 31.9. The average molecular weight is 669 g/mol. The normalized spacial score (nSPS) is 25.5. The van der Waals surface area contributed by atoms with Crippen LogP contribution in [0.2, 0.25) is 10.0 Å². The summed E-state index contributed by atoms with van der Waals surface area (Å²) in [5, 5.41) is 18.8. The summed E-state index contributed by atoms with van der Waals surface area (Å²) in [5.41, 5.74) is 2.81. The van der Waals surface area contributed by atoms with Crippen LogP contribution in [0.25, 0.3) is 0 Å². The molecule has 2 bridgehead atoms. The van der Waals surface area contributed by atoms with Crippen molar-refractivity contribution in [3.05, 3.63) is 75.3 Å². The number of carbonyl (C=O) groups excluding carboxylic acids is 1. The molecule has 242 valence electrons. The molecule has 1 aliphatic heterocycles. The molecule has 0 spiro atoms. The summed E-state index contributed by atoms with van der Waals surface area (Å²) < 4.78 is 39.3. The Morgan fingerprint density at radius 3 is 2.55 bits per heavy atom. The minimum absolute atomic E-state index is 0.0435. The lowest BCUT2D eigenvalue weighted by molar-refractivity contribution is -0.126. The zero-order valence-electron chi connectivity index (χ0n) is 25.5. The van der Waals surface area contributed by atoms with Crippen LogP contribution in [0, 0.1) is 0 Å². The Balaban J connectivity index is 1.66. The van der Waals surface area contributed by atoms with Crippen LogP contribution in [0.15, 0.2) is 48.6 Å². The molecule has 4 rings (SSSR count). The van der Waals surface area contributed by atoms with Gasteiger partial charge in [0.05, 0.1) is 37.7 Å². The van der Waals surface area contributed by atoms with Crippen molar-refractivity contribution < 1.29 is 27.8 Å². The van der Waals surface area contributed by atoms with Crippen molar-refractivity contribution in [3.63, 3.8) is 0 Å². The van der Waals surface area contributed by atoms with Crippen molar-refractivity contribution in [2.45, 2.75) is 75.8 Å². The lowest BCUT2D eigenvalue weighted by Crippen LogP contribution is -2.55. The van der Waals surface area contributed by atoms with Crippen molar-refractivity contribution in [1.29, 1.82) is 0 Å². The molecule has 44 heavy (non-hydrogen) atoms. The second kappa shape index (κ2) is 15.9. The first-order valence-corrected chi connectivity index (χ1v) is 17.5. The third kappa shape index (κ3) is 8.96. The van der Waals surface area contributed by atoms with E-state index < -0.39 is 34.1 Å². The molecule has 0 saturated heterocycles. The molecule has 5 atom stereocenters. The number of nitrogens with zero attached hydrogens (tertiary/aromatic N) is 1. The van der Waals surface area contributed by atoms with Gasteiger partial charge in [0.25, 0.3) is 0 Å². The SMILES string of the molecule is CCCCCS(=O)(=O)N(C)[C@@H]1C/C=C/CO[C@H]2C[C@@H](NC[C@@H](O)[C@H](Cc3cc(Cl)cc(Cl)c3)NC1=O)c1cc(OC)ccc12. The van der Waals surface area contributed by atoms with Crippen molar-refractivity contribution in [3.8, 4) is 5.75 Å². The first-order valence-electron chi connectivity index (χ1n) is 15.1. The number of benzene rings is 2. The van der Waals surface area contributed by atoms with E-state index >= 15 is 0 Å². The number of ether oxygens (including phenoxy) is 2. The van der Waals surface area contributed by atoms with Crippen LogP contribution in [0.4, 0.5) is 0 Å². The number of carbonyl (C=O) groups is 1. The summed E-state index contributed by atoms with van der Waals surface area (Å²) in [7, 11) is -0.645. The third-order valence-electron chi connectivity index (χ3n) is 8.32. The number of likely N-dealkylation sites (N-methyl/N-ethyl adjacent to an activating group) is 1. The number of fused-ring (bicyclic) bond motifs is 5. The molecule has 0 radical (unpaired) electrons. The maximum atomic E-state index is 13.8. The highest BCUT2D eigenvalue weighted by Gasteiger charge is 2.35. The molecule has 0 fully saturated rings. The molecule has 0 saturated carbocycles. The fourth-order valence-electron chi connectivity index (χ4n) is 5.80. The Hall–Kier alpha value is -2.18. The maximum absolute atomic E-state index is 13.8. The summed E-state index contributed by atoms with van der Waals surface area (Å²) >= 11 is 12.5. The van der Waals surface area contributed by atoms with Crippen LogP contribution in [-0.2, 0) is 26.0 Å². The Morgan fingerprint density at radius 2 is 1.84 bits per heavy atom. The fourth-order valence-corrected chi connectivity index (χ4v) is 7.80. The van der Waals surface area contributed by atoms with Gasteiger partial charge < -0.3 is 25.2 Å². The monoisotopic (exact) mass is 667 g/mol. The fraction of sp³-hybridized carbons (Fsp3) is 0.531. The molecule has 0 unspecified atom stereocenters. The topological polar surface area (TPSA) is 117 Å². The predicted octanol–water partition coefficient (Wildman–Crippen LogP) is 4.96. The van der Waals surface area contributed by atoms with Gasteiger partial charge in [-0.25, -0.2) is 8.42 Å². The van der Waals surface area contributed by atoms with Gasteiger partial charge in [-0.2, -0.15) is 4.31 Å². The Bertz CT molecular complexity index is 1400. The minimum Gasteiger partial charge on any atom is -0.497 e. The number of hydrogen-bond donors (Lipinski definition) is 3.